The van der Waals surface area contributed by atoms with E-state index < -0.39 is 0 Å². The van der Waals surface area contributed by atoms with Gasteiger partial charge in [0, 0.05) is 0 Å². The quantitative estimate of drug-likeness (QED) is 0.739. The van der Waals surface area contributed by atoms with E-state index >= 15 is 0 Å². The van der Waals surface area contributed by atoms with Gasteiger partial charge in [-0.05, 0) is 72.5 Å². The Balaban J connectivity index is 1.84. The molecule has 2 bridgehead atoms. The van der Waals surface area contributed by atoms with E-state index in [1.807, 2.05) is 0 Å². The summed E-state index contributed by atoms with van der Waals surface area (Å²) >= 11 is 0. The number of aliphatic hydroxyl groups is 1. The van der Waals surface area contributed by atoms with Gasteiger partial charge in [0.2, 0.25) is 0 Å². The summed E-state index contributed by atoms with van der Waals surface area (Å²) in [5, 5.41) is 10.6. The fourth-order valence-corrected chi connectivity index (χ4v) is 5.95. The van der Waals surface area contributed by atoms with E-state index in [2.05, 4.69) is 34.6 Å². The smallest absolute Gasteiger partial charge is 0.0574 e. The molecule has 3 aliphatic rings. The molecule has 3 saturated carbocycles. The van der Waals surface area contributed by atoms with Crippen molar-refractivity contribution >= 4 is 0 Å². The number of aliphatic hydroxyl groups excluding tert-OH is 1. The van der Waals surface area contributed by atoms with Crippen LogP contribution in [-0.4, -0.2) is 11.2 Å². The van der Waals surface area contributed by atoms with Gasteiger partial charge >= 0.3 is 0 Å². The SMILES string of the molecule is C[C@@H]1C[C@H]([C@H]2C[C@@H]3CC[C@@]2(C)C3(C)C)[C@H](O)C[C@@H]1C. The fourth-order valence-electron chi connectivity index (χ4n) is 5.95. The molecule has 1 heteroatoms. The zero-order valence-corrected chi connectivity index (χ0v) is 13.4. The third-order valence-corrected chi connectivity index (χ3v) is 8.10. The molecule has 0 heterocycles. The van der Waals surface area contributed by atoms with Crippen LogP contribution in [0, 0.1) is 40.4 Å². The molecule has 1 nitrogen and oxygen atoms in total. The van der Waals surface area contributed by atoms with Crippen LogP contribution in [-0.2, 0) is 0 Å². The standard InChI is InChI=1S/C18H32O/c1-11-8-14(16(19)9-12(11)2)15-10-13-6-7-18(15,5)17(13,3)4/h11-16,19H,6-10H2,1-5H3/t11-,12+,13+,14-,15-,16-,18-/m1/s1. The largest absolute Gasteiger partial charge is 0.393 e. The Morgan fingerprint density at radius 3 is 2.11 bits per heavy atom. The molecule has 0 unspecified atom stereocenters. The first kappa shape index (κ1) is 13.9. The summed E-state index contributed by atoms with van der Waals surface area (Å²) in [5.74, 6) is 3.74. The molecule has 0 aliphatic heterocycles. The molecular weight excluding hydrogens is 232 g/mol. The average Bonchev–Trinajstić information content (AvgIpc) is 2.66. The van der Waals surface area contributed by atoms with E-state index in [-0.39, 0.29) is 6.10 Å². The Bertz CT molecular complexity index is 361. The minimum atomic E-state index is -0.0387. The molecule has 0 aromatic heterocycles. The second-order valence-corrected chi connectivity index (χ2v) is 8.87. The average molecular weight is 264 g/mol. The van der Waals surface area contributed by atoms with E-state index in [1.165, 1.54) is 25.7 Å². The Morgan fingerprint density at radius 1 is 0.947 bits per heavy atom. The Morgan fingerprint density at radius 2 is 1.58 bits per heavy atom. The van der Waals surface area contributed by atoms with Crippen molar-refractivity contribution in [1.82, 2.24) is 0 Å². The highest BCUT2D eigenvalue weighted by Crippen LogP contribution is 2.70. The molecule has 0 amide bonds. The maximum Gasteiger partial charge on any atom is 0.0574 e. The second-order valence-electron chi connectivity index (χ2n) is 8.87. The Labute approximate surface area is 119 Å². The molecule has 0 saturated heterocycles. The molecule has 0 spiro atoms. The molecular formula is C18H32O. The lowest BCUT2D eigenvalue weighted by Gasteiger charge is -2.47. The van der Waals surface area contributed by atoms with Crippen molar-refractivity contribution in [2.75, 3.05) is 0 Å². The molecule has 0 aromatic rings. The third kappa shape index (κ3) is 1.76. The summed E-state index contributed by atoms with van der Waals surface area (Å²) in [6.45, 7) is 12.2. The van der Waals surface area contributed by atoms with Gasteiger partial charge in [0.1, 0.15) is 0 Å². The highest BCUT2D eigenvalue weighted by atomic mass is 16.3. The molecule has 7 atom stereocenters. The maximum atomic E-state index is 10.6. The summed E-state index contributed by atoms with van der Waals surface area (Å²) in [6, 6.07) is 0. The summed E-state index contributed by atoms with van der Waals surface area (Å²) in [6.07, 6.45) is 6.45. The normalized spacial score (nSPS) is 56.5. The Kier molecular flexibility index (Phi) is 3.10. The van der Waals surface area contributed by atoms with E-state index in [0.29, 0.717) is 22.7 Å². The highest BCUT2D eigenvalue weighted by Gasteiger charge is 2.63. The van der Waals surface area contributed by atoms with Gasteiger partial charge in [-0.15, -0.1) is 0 Å². The van der Waals surface area contributed by atoms with Crippen LogP contribution in [0.4, 0.5) is 0 Å². The van der Waals surface area contributed by atoms with Crippen LogP contribution in [0.2, 0.25) is 0 Å². The first-order chi connectivity index (χ1) is 8.77. The van der Waals surface area contributed by atoms with Gasteiger partial charge < -0.3 is 5.11 Å². The van der Waals surface area contributed by atoms with Crippen LogP contribution in [0.25, 0.3) is 0 Å². The maximum absolute atomic E-state index is 10.6. The van der Waals surface area contributed by atoms with Gasteiger partial charge in [-0.25, -0.2) is 0 Å². The van der Waals surface area contributed by atoms with Crippen molar-refractivity contribution in [3.05, 3.63) is 0 Å². The van der Waals surface area contributed by atoms with Gasteiger partial charge in [-0.1, -0.05) is 34.6 Å². The van der Waals surface area contributed by atoms with Gasteiger partial charge in [-0.2, -0.15) is 0 Å². The minimum Gasteiger partial charge on any atom is -0.393 e. The minimum absolute atomic E-state index is 0.0387. The second kappa shape index (κ2) is 4.23. The molecule has 0 radical (unpaired) electrons. The zero-order valence-electron chi connectivity index (χ0n) is 13.4. The topological polar surface area (TPSA) is 20.2 Å². The summed E-state index contributed by atoms with van der Waals surface area (Å²) in [5.41, 5.74) is 0.966. The van der Waals surface area contributed by atoms with Crippen molar-refractivity contribution in [3.63, 3.8) is 0 Å². The van der Waals surface area contributed by atoms with E-state index in [9.17, 15) is 5.11 Å². The zero-order chi connectivity index (χ0) is 14.0. The van der Waals surface area contributed by atoms with Crippen LogP contribution in [0.1, 0.15) is 66.7 Å². The monoisotopic (exact) mass is 264 g/mol. The molecule has 3 rings (SSSR count). The number of hydrogen-bond acceptors (Lipinski definition) is 1. The number of fused-ring (bicyclic) bond motifs is 2. The number of rotatable bonds is 1. The van der Waals surface area contributed by atoms with Crippen LogP contribution in [0.15, 0.2) is 0 Å². The third-order valence-electron chi connectivity index (χ3n) is 8.10. The number of hydrogen-bond donors (Lipinski definition) is 1. The lowest BCUT2D eigenvalue weighted by Crippen LogP contribution is -2.44. The van der Waals surface area contributed by atoms with Crippen LogP contribution in [0.3, 0.4) is 0 Å². The first-order valence-corrected chi connectivity index (χ1v) is 8.45. The van der Waals surface area contributed by atoms with E-state index in [1.54, 1.807) is 0 Å². The van der Waals surface area contributed by atoms with Crippen molar-refractivity contribution in [1.29, 1.82) is 0 Å². The predicted octanol–water partition coefficient (Wildman–Crippen LogP) is 4.49. The molecule has 110 valence electrons. The Hall–Kier alpha value is -0.0400. The van der Waals surface area contributed by atoms with Gasteiger partial charge in [0.05, 0.1) is 6.10 Å². The molecule has 1 N–H and O–H groups in total. The van der Waals surface area contributed by atoms with Crippen LogP contribution >= 0.6 is 0 Å². The van der Waals surface area contributed by atoms with Gasteiger partial charge in [-0.3, -0.25) is 0 Å². The fraction of sp³-hybridized carbons (Fsp3) is 1.00. The van der Waals surface area contributed by atoms with Crippen molar-refractivity contribution in [2.45, 2.75) is 72.8 Å². The molecule has 3 aliphatic carbocycles. The van der Waals surface area contributed by atoms with Gasteiger partial charge in [0.25, 0.3) is 0 Å². The molecule has 0 aromatic carbocycles. The van der Waals surface area contributed by atoms with Crippen LogP contribution in [0.5, 0.6) is 0 Å². The molecule has 19 heavy (non-hydrogen) atoms. The van der Waals surface area contributed by atoms with Crippen molar-refractivity contribution in [2.24, 2.45) is 40.4 Å². The van der Waals surface area contributed by atoms with Crippen molar-refractivity contribution in [3.8, 4) is 0 Å². The summed E-state index contributed by atoms with van der Waals surface area (Å²) in [7, 11) is 0. The van der Waals surface area contributed by atoms with Crippen LogP contribution < -0.4 is 0 Å². The van der Waals surface area contributed by atoms with Crippen molar-refractivity contribution < 1.29 is 5.11 Å². The lowest BCUT2D eigenvalue weighted by atomic mass is 9.58. The highest BCUT2D eigenvalue weighted by molar-refractivity contribution is 5.12. The van der Waals surface area contributed by atoms with Gasteiger partial charge in [0.15, 0.2) is 0 Å². The van der Waals surface area contributed by atoms with E-state index in [0.717, 1.165) is 24.2 Å². The predicted molar refractivity (Wildman–Crippen MR) is 79.8 cm³/mol. The summed E-state index contributed by atoms with van der Waals surface area (Å²) < 4.78 is 0. The van der Waals surface area contributed by atoms with E-state index in [4.69, 9.17) is 0 Å². The first-order valence-electron chi connectivity index (χ1n) is 8.45. The lowest BCUT2D eigenvalue weighted by molar-refractivity contribution is -0.0469. The molecule has 3 fully saturated rings. The summed E-state index contributed by atoms with van der Waals surface area (Å²) in [4.78, 5) is 0.